The third kappa shape index (κ3) is 3.51. The fraction of sp³-hybridized carbons (Fsp3) is 0.500. The molecule has 0 aliphatic carbocycles. The summed E-state index contributed by atoms with van der Waals surface area (Å²) in [6, 6.07) is 3.43. The van der Waals surface area contributed by atoms with Crippen molar-refractivity contribution in [3.63, 3.8) is 0 Å². The number of aryl methyl sites for hydroxylation is 2. The van der Waals surface area contributed by atoms with Crippen LogP contribution >= 0.6 is 0 Å². The topological polar surface area (TPSA) is 18.5 Å². The lowest BCUT2D eigenvalue weighted by molar-refractivity contribution is 0.172. The highest BCUT2D eigenvalue weighted by Crippen LogP contribution is 2.20. The monoisotopic (exact) mass is 212 g/mol. The summed E-state index contributed by atoms with van der Waals surface area (Å²) in [5, 5.41) is 0. The van der Waals surface area contributed by atoms with Gasteiger partial charge in [-0.05, 0) is 37.1 Å². The fourth-order valence-electron chi connectivity index (χ4n) is 1.38. The summed E-state index contributed by atoms with van der Waals surface area (Å²) in [6.07, 6.45) is 0.839. The minimum absolute atomic E-state index is 0.153. The number of hydrogen-bond donors (Lipinski definition) is 0. The Bertz CT molecular complexity index is 300. The summed E-state index contributed by atoms with van der Waals surface area (Å²) in [6.45, 7) is 4.76. The molecule has 0 aliphatic rings. The predicted octanol–water partition coefficient (Wildman–Crippen LogP) is 2.86. The summed E-state index contributed by atoms with van der Waals surface area (Å²) in [4.78, 5) is 0. The highest BCUT2D eigenvalue weighted by molar-refractivity contribution is 5.34. The minimum Gasteiger partial charge on any atom is -0.493 e. The number of halogens is 1. The quantitative estimate of drug-likeness (QED) is 0.699. The molecule has 0 fully saturated rings. The predicted molar refractivity (Wildman–Crippen MR) is 57.9 cm³/mol. The number of rotatable bonds is 5. The van der Waals surface area contributed by atoms with Gasteiger partial charge in [-0.25, -0.2) is 4.39 Å². The van der Waals surface area contributed by atoms with Gasteiger partial charge in [-0.1, -0.05) is 0 Å². The molecular formula is C12H17FO2. The van der Waals surface area contributed by atoms with E-state index >= 15 is 0 Å². The minimum atomic E-state index is -0.153. The van der Waals surface area contributed by atoms with Crippen LogP contribution < -0.4 is 4.74 Å². The van der Waals surface area contributed by atoms with Gasteiger partial charge in [0.25, 0.3) is 0 Å². The van der Waals surface area contributed by atoms with Gasteiger partial charge >= 0.3 is 0 Å². The first-order valence-electron chi connectivity index (χ1n) is 5.03. The molecule has 0 aliphatic heterocycles. The number of hydrogen-bond acceptors (Lipinski definition) is 2. The summed E-state index contributed by atoms with van der Waals surface area (Å²) >= 11 is 0. The Hall–Kier alpha value is -1.09. The van der Waals surface area contributed by atoms with E-state index in [1.807, 2.05) is 0 Å². The van der Waals surface area contributed by atoms with Gasteiger partial charge in [-0.3, -0.25) is 0 Å². The lowest BCUT2D eigenvalue weighted by atomic mass is 10.1. The largest absolute Gasteiger partial charge is 0.493 e. The molecule has 0 radical (unpaired) electrons. The van der Waals surface area contributed by atoms with Gasteiger partial charge in [-0.15, -0.1) is 0 Å². The summed E-state index contributed by atoms with van der Waals surface area (Å²) in [5.41, 5.74) is 1.24. The van der Waals surface area contributed by atoms with E-state index in [0.717, 1.165) is 12.2 Å². The van der Waals surface area contributed by atoms with Crippen LogP contribution in [0.25, 0.3) is 0 Å². The van der Waals surface area contributed by atoms with Crippen LogP contribution in [-0.4, -0.2) is 20.3 Å². The molecule has 0 saturated heterocycles. The Morgan fingerprint density at radius 1 is 1.13 bits per heavy atom. The zero-order chi connectivity index (χ0) is 11.3. The van der Waals surface area contributed by atoms with E-state index in [1.165, 1.54) is 0 Å². The molecule has 0 amide bonds. The smallest absolute Gasteiger partial charge is 0.129 e. The molecule has 0 spiro atoms. The van der Waals surface area contributed by atoms with Crippen LogP contribution in [0.5, 0.6) is 5.75 Å². The van der Waals surface area contributed by atoms with Crippen LogP contribution in [0.15, 0.2) is 12.1 Å². The van der Waals surface area contributed by atoms with Gasteiger partial charge in [0, 0.05) is 20.1 Å². The summed E-state index contributed by atoms with van der Waals surface area (Å²) in [7, 11) is 1.66. The van der Waals surface area contributed by atoms with Gasteiger partial charge in [0.15, 0.2) is 0 Å². The number of methoxy groups -OCH3 is 1. The van der Waals surface area contributed by atoms with E-state index in [4.69, 9.17) is 9.47 Å². The van der Waals surface area contributed by atoms with Gasteiger partial charge in [-0.2, -0.15) is 0 Å². The maximum absolute atomic E-state index is 13.3. The van der Waals surface area contributed by atoms with E-state index in [1.54, 1.807) is 33.1 Å². The average molecular weight is 212 g/mol. The molecule has 15 heavy (non-hydrogen) atoms. The first kappa shape index (κ1) is 12.0. The standard InChI is InChI=1S/C12H17FO2/c1-9-7-11(8-10(2)12(9)13)15-6-4-5-14-3/h7-8H,4-6H2,1-3H3. The van der Waals surface area contributed by atoms with Crippen LogP contribution in [0.3, 0.4) is 0 Å². The second-order valence-electron chi connectivity index (χ2n) is 3.57. The first-order valence-corrected chi connectivity index (χ1v) is 5.03. The molecule has 2 nitrogen and oxygen atoms in total. The van der Waals surface area contributed by atoms with Crippen LogP contribution in [0.2, 0.25) is 0 Å². The lowest BCUT2D eigenvalue weighted by Gasteiger charge is -2.08. The van der Waals surface area contributed by atoms with E-state index in [0.29, 0.717) is 24.3 Å². The van der Waals surface area contributed by atoms with Crippen molar-refractivity contribution in [2.75, 3.05) is 20.3 Å². The molecule has 84 valence electrons. The van der Waals surface area contributed by atoms with Gasteiger partial charge in [0.1, 0.15) is 11.6 Å². The van der Waals surface area contributed by atoms with Gasteiger partial charge < -0.3 is 9.47 Å². The van der Waals surface area contributed by atoms with Crippen molar-refractivity contribution in [1.29, 1.82) is 0 Å². The highest BCUT2D eigenvalue weighted by atomic mass is 19.1. The van der Waals surface area contributed by atoms with Gasteiger partial charge in [0.2, 0.25) is 0 Å². The Kier molecular flexibility index (Phi) is 4.56. The molecule has 0 saturated carbocycles. The first-order chi connectivity index (χ1) is 7.15. The molecule has 1 aromatic carbocycles. The Morgan fingerprint density at radius 3 is 2.27 bits per heavy atom. The molecule has 0 unspecified atom stereocenters. The maximum Gasteiger partial charge on any atom is 0.129 e. The van der Waals surface area contributed by atoms with Crippen molar-refractivity contribution in [2.24, 2.45) is 0 Å². The summed E-state index contributed by atoms with van der Waals surface area (Å²) < 4.78 is 23.7. The molecular weight excluding hydrogens is 195 g/mol. The lowest BCUT2D eigenvalue weighted by Crippen LogP contribution is -2.02. The SMILES string of the molecule is COCCCOc1cc(C)c(F)c(C)c1. The van der Waals surface area contributed by atoms with E-state index in [9.17, 15) is 4.39 Å². The molecule has 0 aromatic heterocycles. The molecule has 0 bridgehead atoms. The van der Waals surface area contributed by atoms with Crippen LogP contribution in [0.4, 0.5) is 4.39 Å². The van der Waals surface area contributed by atoms with Crippen molar-refractivity contribution in [2.45, 2.75) is 20.3 Å². The third-order valence-corrected chi connectivity index (χ3v) is 2.17. The zero-order valence-corrected chi connectivity index (χ0v) is 9.47. The fourth-order valence-corrected chi connectivity index (χ4v) is 1.38. The Morgan fingerprint density at radius 2 is 1.73 bits per heavy atom. The van der Waals surface area contributed by atoms with Crippen molar-refractivity contribution in [1.82, 2.24) is 0 Å². The van der Waals surface area contributed by atoms with E-state index in [2.05, 4.69) is 0 Å². The van der Waals surface area contributed by atoms with E-state index in [-0.39, 0.29) is 5.82 Å². The number of benzene rings is 1. The molecule has 3 heteroatoms. The normalized spacial score (nSPS) is 10.4. The third-order valence-electron chi connectivity index (χ3n) is 2.17. The van der Waals surface area contributed by atoms with Crippen LogP contribution in [-0.2, 0) is 4.74 Å². The Balaban J connectivity index is 2.55. The van der Waals surface area contributed by atoms with Crippen molar-refractivity contribution in [3.05, 3.63) is 29.1 Å². The highest BCUT2D eigenvalue weighted by Gasteiger charge is 2.04. The second-order valence-corrected chi connectivity index (χ2v) is 3.57. The van der Waals surface area contributed by atoms with Crippen molar-refractivity contribution < 1.29 is 13.9 Å². The maximum atomic E-state index is 13.3. The molecule has 0 heterocycles. The Labute approximate surface area is 90.0 Å². The molecule has 0 atom stereocenters. The average Bonchev–Trinajstić information content (AvgIpc) is 2.21. The number of ether oxygens (including phenoxy) is 2. The van der Waals surface area contributed by atoms with Crippen molar-refractivity contribution in [3.8, 4) is 5.75 Å². The molecule has 0 N–H and O–H groups in total. The molecule has 1 rings (SSSR count). The summed E-state index contributed by atoms with van der Waals surface area (Å²) in [5.74, 6) is 0.571. The van der Waals surface area contributed by atoms with E-state index < -0.39 is 0 Å². The van der Waals surface area contributed by atoms with Gasteiger partial charge in [0.05, 0.1) is 6.61 Å². The zero-order valence-electron chi connectivity index (χ0n) is 9.47. The van der Waals surface area contributed by atoms with Crippen LogP contribution in [0.1, 0.15) is 17.5 Å². The van der Waals surface area contributed by atoms with Crippen molar-refractivity contribution >= 4 is 0 Å². The van der Waals surface area contributed by atoms with Crippen LogP contribution in [0, 0.1) is 19.7 Å². The second kappa shape index (κ2) is 5.71. The molecule has 1 aromatic rings.